The first kappa shape index (κ1) is 24.0. The summed E-state index contributed by atoms with van der Waals surface area (Å²) in [7, 11) is -0.496. The number of halogens is 1. The molecule has 0 spiro atoms. The third-order valence-electron chi connectivity index (χ3n) is 5.95. The minimum atomic E-state index is -3.65. The number of sulfonamides is 1. The molecular formula is C27H23ClN2O5S. The van der Waals surface area contributed by atoms with Crippen molar-refractivity contribution in [1.29, 1.82) is 0 Å². The zero-order chi connectivity index (χ0) is 25.3. The maximum Gasteiger partial charge on any atom is 0.239 e. The van der Waals surface area contributed by atoms with Gasteiger partial charge in [-0.25, -0.2) is 8.42 Å². The standard InChI is InChI=1S/C27H23ClN2O5S/c1-33-26-15-22-24(16-27(26)34-2)29-13-12-25(22)35-19-8-11-21-17(14-19)4-3-5-23(21)30-36(31,32)20-9-6-18(28)7-10-20/h3-9,11-16,20,30H,10H2,1-2H3. The van der Waals surface area contributed by atoms with Gasteiger partial charge in [0.25, 0.3) is 0 Å². The van der Waals surface area contributed by atoms with Crippen molar-refractivity contribution in [3.8, 4) is 23.0 Å². The fraction of sp³-hybridized carbons (Fsp3) is 0.148. The highest BCUT2D eigenvalue weighted by Crippen LogP contribution is 2.38. The fourth-order valence-corrected chi connectivity index (χ4v) is 5.54. The van der Waals surface area contributed by atoms with Crippen LogP contribution in [0.5, 0.6) is 23.0 Å². The summed E-state index contributed by atoms with van der Waals surface area (Å²) in [5.41, 5.74) is 1.20. The Morgan fingerprint density at radius 2 is 1.78 bits per heavy atom. The topological polar surface area (TPSA) is 86.8 Å². The van der Waals surface area contributed by atoms with E-state index in [1.54, 1.807) is 69.0 Å². The summed E-state index contributed by atoms with van der Waals surface area (Å²) in [5.74, 6) is 2.36. The zero-order valence-electron chi connectivity index (χ0n) is 19.6. The molecule has 0 fully saturated rings. The Morgan fingerprint density at radius 3 is 2.53 bits per heavy atom. The van der Waals surface area contributed by atoms with Crippen molar-refractivity contribution in [2.75, 3.05) is 18.9 Å². The fourth-order valence-electron chi connectivity index (χ4n) is 4.11. The van der Waals surface area contributed by atoms with Gasteiger partial charge in [0.1, 0.15) is 16.7 Å². The van der Waals surface area contributed by atoms with Crippen molar-refractivity contribution in [3.05, 3.63) is 84.1 Å². The van der Waals surface area contributed by atoms with Gasteiger partial charge in [0.05, 0.1) is 25.4 Å². The largest absolute Gasteiger partial charge is 0.493 e. The molecule has 1 aromatic heterocycles. The van der Waals surface area contributed by atoms with Gasteiger partial charge in [0, 0.05) is 28.1 Å². The Labute approximate surface area is 214 Å². The number of benzene rings is 3. The number of allylic oxidation sites excluding steroid dienone is 3. The molecule has 184 valence electrons. The smallest absolute Gasteiger partial charge is 0.239 e. The molecule has 4 aromatic rings. The summed E-state index contributed by atoms with van der Waals surface area (Å²) < 4.78 is 45.7. The van der Waals surface area contributed by atoms with Crippen LogP contribution in [0.4, 0.5) is 5.69 Å². The van der Waals surface area contributed by atoms with Crippen LogP contribution < -0.4 is 18.9 Å². The highest BCUT2D eigenvalue weighted by atomic mass is 35.5. The molecule has 0 bridgehead atoms. The Bertz CT molecular complexity index is 1630. The second kappa shape index (κ2) is 9.72. The average molecular weight is 523 g/mol. The van der Waals surface area contributed by atoms with E-state index in [0.717, 1.165) is 16.2 Å². The number of anilines is 1. The highest BCUT2D eigenvalue weighted by molar-refractivity contribution is 7.93. The number of aromatic nitrogens is 1. The van der Waals surface area contributed by atoms with Crippen molar-refractivity contribution >= 4 is 49.0 Å². The predicted molar refractivity (Wildman–Crippen MR) is 143 cm³/mol. The number of ether oxygens (including phenoxy) is 3. The molecule has 36 heavy (non-hydrogen) atoms. The molecule has 1 N–H and O–H groups in total. The lowest BCUT2D eigenvalue weighted by Crippen LogP contribution is -2.26. The third-order valence-corrected chi connectivity index (χ3v) is 7.88. The minimum absolute atomic E-state index is 0.323. The maximum absolute atomic E-state index is 13.0. The second-order valence-electron chi connectivity index (χ2n) is 8.19. The Hall–Kier alpha value is -3.75. The summed E-state index contributed by atoms with van der Waals surface area (Å²) in [6.45, 7) is 0. The van der Waals surface area contributed by atoms with E-state index >= 15 is 0 Å². The van der Waals surface area contributed by atoms with Gasteiger partial charge in [-0.1, -0.05) is 35.9 Å². The van der Waals surface area contributed by atoms with E-state index in [4.69, 9.17) is 25.8 Å². The molecule has 0 saturated carbocycles. The predicted octanol–water partition coefficient (Wildman–Crippen LogP) is 6.39. The first-order valence-electron chi connectivity index (χ1n) is 11.1. The molecule has 1 atom stereocenters. The molecule has 1 aliphatic carbocycles. The Balaban J connectivity index is 1.45. The van der Waals surface area contributed by atoms with E-state index in [-0.39, 0.29) is 0 Å². The van der Waals surface area contributed by atoms with Gasteiger partial charge in [-0.05, 0) is 54.3 Å². The monoisotopic (exact) mass is 522 g/mol. The number of pyridine rings is 1. The van der Waals surface area contributed by atoms with Gasteiger partial charge >= 0.3 is 0 Å². The van der Waals surface area contributed by atoms with Gasteiger partial charge < -0.3 is 14.2 Å². The van der Waals surface area contributed by atoms with E-state index < -0.39 is 15.3 Å². The van der Waals surface area contributed by atoms with Gasteiger partial charge in [-0.2, -0.15) is 0 Å². The average Bonchev–Trinajstić information content (AvgIpc) is 2.88. The molecule has 7 nitrogen and oxygen atoms in total. The summed E-state index contributed by atoms with van der Waals surface area (Å²) >= 11 is 5.94. The lowest BCUT2D eigenvalue weighted by molar-refractivity contribution is 0.355. The number of nitrogens with zero attached hydrogens (tertiary/aromatic N) is 1. The molecule has 1 heterocycles. The molecule has 0 aliphatic heterocycles. The van der Waals surface area contributed by atoms with Crippen LogP contribution in [-0.4, -0.2) is 32.9 Å². The Morgan fingerprint density at radius 1 is 0.972 bits per heavy atom. The van der Waals surface area contributed by atoms with Crippen LogP contribution in [0.25, 0.3) is 21.7 Å². The van der Waals surface area contributed by atoms with Crippen molar-refractivity contribution in [3.63, 3.8) is 0 Å². The minimum Gasteiger partial charge on any atom is -0.493 e. The normalized spacial score (nSPS) is 15.5. The van der Waals surface area contributed by atoms with Crippen molar-refractivity contribution in [1.82, 2.24) is 4.98 Å². The van der Waals surface area contributed by atoms with Gasteiger partial charge in [0.15, 0.2) is 11.5 Å². The molecule has 3 aromatic carbocycles. The summed E-state index contributed by atoms with van der Waals surface area (Å²) in [6, 6.07) is 16.4. The molecule has 0 radical (unpaired) electrons. The first-order chi connectivity index (χ1) is 17.4. The maximum atomic E-state index is 13.0. The van der Waals surface area contributed by atoms with Gasteiger partial charge in [-0.3, -0.25) is 9.71 Å². The highest BCUT2D eigenvalue weighted by Gasteiger charge is 2.24. The Kier molecular flexibility index (Phi) is 6.47. The second-order valence-corrected chi connectivity index (χ2v) is 10.5. The van der Waals surface area contributed by atoms with Crippen LogP contribution in [0.1, 0.15) is 6.42 Å². The van der Waals surface area contributed by atoms with Crippen LogP contribution in [0.15, 0.2) is 84.1 Å². The molecule has 9 heteroatoms. The quantitative estimate of drug-likeness (QED) is 0.302. The van der Waals surface area contributed by atoms with E-state index in [1.165, 1.54) is 0 Å². The molecular weight excluding hydrogens is 500 g/mol. The van der Waals surface area contributed by atoms with E-state index in [1.807, 2.05) is 24.3 Å². The SMILES string of the molecule is COc1cc2nccc(Oc3ccc4c(NS(=O)(=O)C5C=CC(Cl)=CC5)cccc4c3)c2cc1OC. The number of hydrogen-bond donors (Lipinski definition) is 1. The van der Waals surface area contributed by atoms with Gasteiger partial charge in [-0.15, -0.1) is 0 Å². The van der Waals surface area contributed by atoms with Crippen molar-refractivity contribution in [2.45, 2.75) is 11.7 Å². The number of hydrogen-bond acceptors (Lipinski definition) is 6. The summed E-state index contributed by atoms with van der Waals surface area (Å²) in [5, 5.41) is 2.21. The van der Waals surface area contributed by atoms with E-state index in [0.29, 0.717) is 45.7 Å². The summed E-state index contributed by atoms with van der Waals surface area (Å²) in [6.07, 6.45) is 6.90. The van der Waals surface area contributed by atoms with Crippen LogP contribution in [-0.2, 0) is 10.0 Å². The van der Waals surface area contributed by atoms with Crippen molar-refractivity contribution < 1.29 is 22.6 Å². The molecule has 1 unspecified atom stereocenters. The third kappa shape index (κ3) is 4.69. The van der Waals surface area contributed by atoms with Crippen LogP contribution in [0.2, 0.25) is 0 Å². The number of fused-ring (bicyclic) bond motifs is 2. The number of methoxy groups -OCH3 is 2. The first-order valence-corrected chi connectivity index (χ1v) is 13.1. The molecule has 1 aliphatic rings. The molecule has 0 amide bonds. The van der Waals surface area contributed by atoms with Crippen LogP contribution >= 0.6 is 11.6 Å². The van der Waals surface area contributed by atoms with Crippen molar-refractivity contribution in [2.24, 2.45) is 0 Å². The molecule has 0 saturated heterocycles. The number of rotatable bonds is 7. The van der Waals surface area contributed by atoms with E-state index in [2.05, 4.69) is 9.71 Å². The molecule has 5 rings (SSSR count). The zero-order valence-corrected chi connectivity index (χ0v) is 21.1. The lowest BCUT2D eigenvalue weighted by atomic mass is 10.1. The van der Waals surface area contributed by atoms with Gasteiger partial charge in [0.2, 0.25) is 10.0 Å². The van der Waals surface area contributed by atoms with E-state index in [9.17, 15) is 8.42 Å². The van der Waals surface area contributed by atoms with Crippen LogP contribution in [0.3, 0.4) is 0 Å². The lowest BCUT2D eigenvalue weighted by Gasteiger charge is -2.18. The van der Waals surface area contributed by atoms with Crippen LogP contribution in [0, 0.1) is 0 Å². The number of nitrogens with one attached hydrogen (secondary N) is 1. The summed E-state index contributed by atoms with van der Waals surface area (Å²) in [4.78, 5) is 4.41.